The second-order valence-electron chi connectivity index (χ2n) is 6.71. The third-order valence-corrected chi connectivity index (χ3v) is 5.37. The highest BCUT2D eigenvalue weighted by Gasteiger charge is 2.61. The highest BCUT2D eigenvalue weighted by atomic mass is 35.5. The molecule has 0 bridgehead atoms. The van der Waals surface area contributed by atoms with Crippen LogP contribution in [0.25, 0.3) is 5.65 Å². The largest absolute Gasteiger partial charge is 0.325 e. The minimum atomic E-state index is -1.55. The van der Waals surface area contributed by atoms with Gasteiger partial charge in [0.25, 0.3) is 0 Å². The zero-order chi connectivity index (χ0) is 18.8. The van der Waals surface area contributed by atoms with E-state index in [2.05, 4.69) is 10.3 Å². The van der Waals surface area contributed by atoms with Crippen LogP contribution in [-0.2, 0) is 26.3 Å². The standard InChI is InChI=1S/C19H13ClN4O3/c20-11-4-5-14-13(7-11)19(17(26)22-14)8-16(25)24(18(19)27)10-12-9-23-6-2-1-3-15(23)21-12/h1-7,9H,8,10H2,(H,22,26). The molecule has 1 saturated heterocycles. The van der Waals surface area contributed by atoms with Gasteiger partial charge in [-0.1, -0.05) is 17.7 Å². The Morgan fingerprint density at radius 3 is 2.85 bits per heavy atom. The van der Waals surface area contributed by atoms with Crippen LogP contribution in [0.2, 0.25) is 5.02 Å². The van der Waals surface area contributed by atoms with Crippen LogP contribution in [0.15, 0.2) is 48.8 Å². The number of aromatic nitrogens is 2. The van der Waals surface area contributed by atoms with E-state index in [1.165, 1.54) is 0 Å². The second-order valence-corrected chi connectivity index (χ2v) is 7.15. The first-order chi connectivity index (χ1) is 13.0. The fourth-order valence-electron chi connectivity index (χ4n) is 3.84. The average molecular weight is 381 g/mol. The van der Waals surface area contributed by atoms with Gasteiger partial charge < -0.3 is 9.72 Å². The second kappa shape index (κ2) is 5.40. The van der Waals surface area contributed by atoms with E-state index >= 15 is 0 Å². The van der Waals surface area contributed by atoms with Crippen molar-refractivity contribution in [2.24, 2.45) is 0 Å². The highest BCUT2D eigenvalue weighted by molar-refractivity contribution is 6.32. The number of pyridine rings is 1. The van der Waals surface area contributed by atoms with Crippen LogP contribution in [0.5, 0.6) is 0 Å². The predicted molar refractivity (Wildman–Crippen MR) is 97.1 cm³/mol. The van der Waals surface area contributed by atoms with Crippen LogP contribution in [-0.4, -0.2) is 32.0 Å². The van der Waals surface area contributed by atoms with Gasteiger partial charge in [0.15, 0.2) is 5.41 Å². The van der Waals surface area contributed by atoms with Crippen LogP contribution in [0.4, 0.5) is 5.69 Å². The van der Waals surface area contributed by atoms with E-state index in [1.54, 1.807) is 24.4 Å². The summed E-state index contributed by atoms with van der Waals surface area (Å²) < 4.78 is 1.81. The molecule has 0 radical (unpaired) electrons. The highest BCUT2D eigenvalue weighted by Crippen LogP contribution is 2.46. The van der Waals surface area contributed by atoms with Crippen LogP contribution in [0.3, 0.4) is 0 Å². The van der Waals surface area contributed by atoms with Gasteiger partial charge in [-0.25, -0.2) is 4.98 Å². The third kappa shape index (κ3) is 2.15. The molecule has 1 atom stereocenters. The molecule has 5 rings (SSSR count). The first-order valence-corrected chi connectivity index (χ1v) is 8.76. The summed E-state index contributed by atoms with van der Waals surface area (Å²) in [5.74, 6) is -1.43. The number of nitrogens with zero attached hydrogens (tertiary/aromatic N) is 3. The van der Waals surface area contributed by atoms with E-state index in [0.29, 0.717) is 22.0 Å². The molecule has 2 aliphatic rings. The molecule has 1 aromatic carbocycles. The van der Waals surface area contributed by atoms with Gasteiger partial charge in [0, 0.05) is 28.7 Å². The number of anilines is 1. The normalized spacial score (nSPS) is 21.4. The Kier molecular flexibility index (Phi) is 3.21. The first-order valence-electron chi connectivity index (χ1n) is 8.38. The topological polar surface area (TPSA) is 83.8 Å². The molecule has 3 amide bonds. The molecule has 7 nitrogen and oxygen atoms in total. The summed E-state index contributed by atoms with van der Waals surface area (Å²) in [7, 11) is 0. The van der Waals surface area contributed by atoms with Gasteiger partial charge in [-0.15, -0.1) is 0 Å². The molecule has 2 aliphatic heterocycles. The number of imidazole rings is 1. The number of nitrogens with one attached hydrogen (secondary N) is 1. The smallest absolute Gasteiger partial charge is 0.250 e. The number of amides is 3. The number of fused-ring (bicyclic) bond motifs is 3. The Morgan fingerprint density at radius 2 is 2.04 bits per heavy atom. The Balaban J connectivity index is 1.54. The minimum Gasteiger partial charge on any atom is -0.325 e. The van der Waals surface area contributed by atoms with Crippen LogP contribution in [0, 0.1) is 0 Å². The number of likely N-dealkylation sites (tertiary alicyclic amines) is 1. The van der Waals surface area contributed by atoms with Crippen molar-refractivity contribution < 1.29 is 14.4 Å². The van der Waals surface area contributed by atoms with Gasteiger partial charge in [0.2, 0.25) is 17.7 Å². The number of carbonyl (C=O) groups excluding carboxylic acids is 3. The molecular formula is C19H13ClN4O3. The molecule has 2 aromatic heterocycles. The molecule has 4 heterocycles. The van der Waals surface area contributed by atoms with Gasteiger partial charge in [-0.3, -0.25) is 19.3 Å². The van der Waals surface area contributed by atoms with E-state index in [-0.39, 0.29) is 13.0 Å². The van der Waals surface area contributed by atoms with Crippen molar-refractivity contribution in [3.05, 3.63) is 65.1 Å². The van der Waals surface area contributed by atoms with E-state index in [9.17, 15) is 14.4 Å². The Morgan fingerprint density at radius 1 is 1.19 bits per heavy atom. The van der Waals surface area contributed by atoms with Gasteiger partial charge in [-0.2, -0.15) is 0 Å². The molecule has 134 valence electrons. The van der Waals surface area contributed by atoms with Gasteiger partial charge in [0.1, 0.15) is 5.65 Å². The maximum Gasteiger partial charge on any atom is 0.250 e. The Labute approximate surface area is 158 Å². The average Bonchev–Trinajstić information content (AvgIpc) is 3.25. The quantitative estimate of drug-likeness (QED) is 0.545. The van der Waals surface area contributed by atoms with Crippen molar-refractivity contribution in [2.75, 3.05) is 5.32 Å². The summed E-state index contributed by atoms with van der Waals surface area (Å²) in [6.07, 6.45) is 3.39. The monoisotopic (exact) mass is 380 g/mol. The third-order valence-electron chi connectivity index (χ3n) is 5.14. The van der Waals surface area contributed by atoms with Crippen molar-refractivity contribution >= 4 is 40.7 Å². The summed E-state index contributed by atoms with van der Waals surface area (Å²) in [5.41, 5.74) is 0.717. The molecule has 1 fully saturated rings. The number of imide groups is 1. The zero-order valence-corrected chi connectivity index (χ0v) is 14.7. The molecule has 1 N–H and O–H groups in total. The number of halogens is 1. The lowest BCUT2D eigenvalue weighted by molar-refractivity contribution is -0.141. The van der Waals surface area contributed by atoms with E-state index in [1.807, 2.05) is 28.8 Å². The Bertz CT molecular complexity index is 1120. The fourth-order valence-corrected chi connectivity index (χ4v) is 4.02. The van der Waals surface area contributed by atoms with Crippen molar-refractivity contribution in [2.45, 2.75) is 18.4 Å². The maximum atomic E-state index is 13.2. The molecule has 3 aromatic rings. The fraction of sp³-hybridized carbons (Fsp3) is 0.158. The van der Waals surface area contributed by atoms with Gasteiger partial charge >= 0.3 is 0 Å². The summed E-state index contributed by atoms with van der Waals surface area (Å²) in [6, 6.07) is 10.4. The first kappa shape index (κ1) is 16.0. The van der Waals surface area contributed by atoms with Gasteiger partial charge in [-0.05, 0) is 30.3 Å². The van der Waals surface area contributed by atoms with Gasteiger partial charge in [0.05, 0.1) is 18.7 Å². The molecule has 0 saturated carbocycles. The van der Waals surface area contributed by atoms with Crippen LogP contribution >= 0.6 is 11.6 Å². The van der Waals surface area contributed by atoms with Crippen LogP contribution in [0.1, 0.15) is 17.7 Å². The molecule has 1 spiro atoms. The van der Waals surface area contributed by atoms with Crippen molar-refractivity contribution in [1.82, 2.24) is 14.3 Å². The van der Waals surface area contributed by atoms with Crippen molar-refractivity contribution in [3.63, 3.8) is 0 Å². The van der Waals surface area contributed by atoms with E-state index in [4.69, 9.17) is 11.6 Å². The summed E-state index contributed by atoms with van der Waals surface area (Å²) in [4.78, 5) is 44.1. The number of hydrogen-bond donors (Lipinski definition) is 1. The lowest BCUT2D eigenvalue weighted by Gasteiger charge is -2.19. The maximum absolute atomic E-state index is 13.2. The summed E-state index contributed by atoms with van der Waals surface area (Å²) in [5, 5.41) is 3.10. The summed E-state index contributed by atoms with van der Waals surface area (Å²) in [6.45, 7) is 0.0181. The molecule has 1 unspecified atom stereocenters. The number of hydrogen-bond acceptors (Lipinski definition) is 4. The van der Waals surface area contributed by atoms with E-state index in [0.717, 1.165) is 10.5 Å². The predicted octanol–water partition coefficient (Wildman–Crippen LogP) is 2.14. The number of benzene rings is 1. The minimum absolute atomic E-state index is 0.0181. The molecule has 0 aliphatic carbocycles. The lowest BCUT2D eigenvalue weighted by Crippen LogP contribution is -2.43. The number of rotatable bonds is 2. The zero-order valence-electron chi connectivity index (χ0n) is 14.0. The van der Waals surface area contributed by atoms with E-state index < -0.39 is 23.1 Å². The lowest BCUT2D eigenvalue weighted by atomic mass is 9.80. The van der Waals surface area contributed by atoms with Crippen molar-refractivity contribution in [1.29, 1.82) is 0 Å². The molecular weight excluding hydrogens is 368 g/mol. The number of carbonyl (C=O) groups is 3. The van der Waals surface area contributed by atoms with Crippen LogP contribution < -0.4 is 5.32 Å². The summed E-state index contributed by atoms with van der Waals surface area (Å²) >= 11 is 6.07. The SMILES string of the molecule is O=C1CC2(C(=O)Nc3ccc(Cl)cc32)C(=O)N1Cc1cn2ccccc2n1. The molecule has 27 heavy (non-hydrogen) atoms. The van der Waals surface area contributed by atoms with Crippen molar-refractivity contribution in [3.8, 4) is 0 Å². The Hall–Kier alpha value is -3.19. The molecule has 8 heteroatoms.